The molecule has 3 heterocycles. The van der Waals surface area contributed by atoms with E-state index in [1.165, 1.54) is 30.5 Å². The second kappa shape index (κ2) is 12.2. The Hall–Kier alpha value is -3.45. The number of benzene rings is 2. The summed E-state index contributed by atoms with van der Waals surface area (Å²) in [5, 5.41) is 19.5. The summed E-state index contributed by atoms with van der Waals surface area (Å²) in [5.41, 5.74) is 5.58. The van der Waals surface area contributed by atoms with Crippen molar-refractivity contribution in [1.82, 2.24) is 19.7 Å². The Bertz CT molecular complexity index is 1340. The van der Waals surface area contributed by atoms with Crippen LogP contribution in [0.25, 0.3) is 22.3 Å². The highest BCUT2D eigenvalue weighted by atomic mass is 16.3. The van der Waals surface area contributed by atoms with Gasteiger partial charge in [-0.3, -0.25) is 0 Å². The minimum atomic E-state index is -0.154. The molecule has 2 fully saturated rings. The summed E-state index contributed by atoms with van der Waals surface area (Å²) >= 11 is 0. The Balaban J connectivity index is 1.22. The number of rotatable bonds is 9. The summed E-state index contributed by atoms with van der Waals surface area (Å²) in [7, 11) is 0. The van der Waals surface area contributed by atoms with E-state index < -0.39 is 0 Å². The first-order valence-electron chi connectivity index (χ1n) is 14.8. The lowest BCUT2D eigenvalue weighted by Gasteiger charge is -2.28. The van der Waals surface area contributed by atoms with Crippen LogP contribution in [0.4, 0.5) is 11.6 Å². The summed E-state index contributed by atoms with van der Waals surface area (Å²) in [4.78, 5) is 12.1. The zero-order chi connectivity index (χ0) is 26.4. The molecule has 1 saturated heterocycles. The molecule has 204 valence electrons. The lowest BCUT2D eigenvalue weighted by molar-refractivity contribution is 0.103. The van der Waals surface area contributed by atoms with Gasteiger partial charge in [0.25, 0.3) is 0 Å². The van der Waals surface area contributed by atoms with Crippen LogP contribution in [0.1, 0.15) is 56.9 Å². The molecule has 7 nitrogen and oxygen atoms in total. The maximum atomic E-state index is 9.99. The predicted octanol–water partition coefficient (Wildman–Crippen LogP) is 6.08. The second-order valence-corrected chi connectivity index (χ2v) is 11.2. The number of aryl methyl sites for hydroxylation is 1. The third-order valence-electron chi connectivity index (χ3n) is 8.37. The van der Waals surface area contributed by atoms with Crippen molar-refractivity contribution in [3.63, 3.8) is 0 Å². The van der Waals surface area contributed by atoms with E-state index >= 15 is 0 Å². The van der Waals surface area contributed by atoms with Gasteiger partial charge in [-0.25, -0.2) is 9.67 Å². The van der Waals surface area contributed by atoms with Crippen molar-refractivity contribution in [2.24, 2.45) is 5.92 Å². The van der Waals surface area contributed by atoms with Crippen LogP contribution >= 0.6 is 0 Å². The highest BCUT2D eigenvalue weighted by molar-refractivity contribution is 5.91. The van der Waals surface area contributed by atoms with Crippen molar-refractivity contribution >= 4 is 22.7 Å². The molecule has 0 atom stereocenters. The van der Waals surface area contributed by atoms with Crippen molar-refractivity contribution in [2.45, 2.75) is 70.4 Å². The molecule has 39 heavy (non-hydrogen) atoms. The first-order valence-corrected chi connectivity index (χ1v) is 14.8. The van der Waals surface area contributed by atoms with Crippen molar-refractivity contribution < 1.29 is 5.11 Å². The Kier molecular flexibility index (Phi) is 8.05. The quantitative estimate of drug-likeness (QED) is 0.258. The van der Waals surface area contributed by atoms with Gasteiger partial charge >= 0.3 is 0 Å². The standard InChI is InChI=1S/C32H40N6O/c39-28-17-11-25(12-18-28)23-38-31-29(22-34-32(35-31)33-19-7-10-24-8-3-1-4-9-24)30(36-38)26-13-15-27(16-14-26)37-20-5-2-6-21-37/h1,3-4,8-9,13-16,22,25,28,39H,2,5-7,10-12,17-21,23H2,(H,33,34,35). The first kappa shape index (κ1) is 25.8. The predicted molar refractivity (Wildman–Crippen MR) is 158 cm³/mol. The normalized spacial score (nSPS) is 19.9. The first-order chi connectivity index (χ1) is 19.2. The van der Waals surface area contributed by atoms with Gasteiger partial charge in [-0.05, 0) is 81.4 Å². The highest BCUT2D eigenvalue weighted by Crippen LogP contribution is 2.32. The molecule has 0 spiro atoms. The zero-order valence-corrected chi connectivity index (χ0v) is 22.8. The van der Waals surface area contributed by atoms with Crippen molar-refractivity contribution in [1.29, 1.82) is 0 Å². The van der Waals surface area contributed by atoms with Gasteiger partial charge in [-0.1, -0.05) is 42.5 Å². The Labute approximate surface area is 231 Å². The Morgan fingerprint density at radius 1 is 0.897 bits per heavy atom. The number of fused-ring (bicyclic) bond motifs is 1. The van der Waals surface area contributed by atoms with Gasteiger partial charge in [0.15, 0.2) is 5.65 Å². The number of nitrogens with one attached hydrogen (secondary N) is 1. The van der Waals surface area contributed by atoms with Crippen LogP contribution in [0, 0.1) is 5.92 Å². The number of aliphatic hydroxyl groups excluding tert-OH is 1. The molecule has 2 aliphatic rings. The number of nitrogens with zero attached hydrogens (tertiary/aromatic N) is 5. The van der Waals surface area contributed by atoms with Gasteiger partial charge < -0.3 is 15.3 Å². The minimum Gasteiger partial charge on any atom is -0.393 e. The van der Waals surface area contributed by atoms with Gasteiger partial charge in [-0.15, -0.1) is 0 Å². The molecule has 6 rings (SSSR count). The smallest absolute Gasteiger partial charge is 0.224 e. The SMILES string of the molecule is OC1CCC(Cn2nc(-c3ccc(N4CCCCC4)cc3)c3cnc(NCCCc4ccccc4)nc32)CC1. The largest absolute Gasteiger partial charge is 0.393 e. The molecule has 0 radical (unpaired) electrons. The van der Waals surface area contributed by atoms with Crippen LogP contribution in [-0.2, 0) is 13.0 Å². The van der Waals surface area contributed by atoms with E-state index in [-0.39, 0.29) is 6.10 Å². The fourth-order valence-corrected chi connectivity index (χ4v) is 6.08. The maximum Gasteiger partial charge on any atom is 0.224 e. The molecule has 0 amide bonds. The topological polar surface area (TPSA) is 79.1 Å². The summed E-state index contributed by atoms with van der Waals surface area (Å²) < 4.78 is 2.09. The summed E-state index contributed by atoms with van der Waals surface area (Å²) in [6, 6.07) is 19.4. The summed E-state index contributed by atoms with van der Waals surface area (Å²) in [6.07, 6.45) is 11.5. The van der Waals surface area contributed by atoms with E-state index in [2.05, 4.69) is 74.5 Å². The van der Waals surface area contributed by atoms with Gasteiger partial charge in [0.05, 0.1) is 11.5 Å². The van der Waals surface area contributed by atoms with Crippen molar-refractivity contribution in [3.05, 3.63) is 66.4 Å². The van der Waals surface area contributed by atoms with Crippen LogP contribution in [0.5, 0.6) is 0 Å². The molecule has 2 aromatic carbocycles. The number of anilines is 2. The van der Waals surface area contributed by atoms with E-state index in [4.69, 9.17) is 10.1 Å². The number of hydrogen-bond acceptors (Lipinski definition) is 6. The van der Waals surface area contributed by atoms with Gasteiger partial charge in [0.2, 0.25) is 5.95 Å². The lowest BCUT2D eigenvalue weighted by Crippen LogP contribution is -2.29. The van der Waals surface area contributed by atoms with Crippen LogP contribution in [-0.4, -0.2) is 50.6 Å². The van der Waals surface area contributed by atoms with Gasteiger partial charge in [0, 0.05) is 43.6 Å². The summed E-state index contributed by atoms with van der Waals surface area (Å²) in [5.74, 6) is 1.16. The monoisotopic (exact) mass is 524 g/mol. The Morgan fingerprint density at radius 2 is 1.67 bits per heavy atom. The second-order valence-electron chi connectivity index (χ2n) is 11.2. The van der Waals surface area contributed by atoms with Gasteiger partial charge in [-0.2, -0.15) is 10.1 Å². The molecular formula is C32H40N6O. The molecule has 2 N–H and O–H groups in total. The fraction of sp³-hybridized carbons (Fsp3) is 0.469. The van der Waals surface area contributed by atoms with E-state index in [1.807, 2.05) is 6.20 Å². The van der Waals surface area contributed by atoms with Crippen LogP contribution in [0.3, 0.4) is 0 Å². The molecular weight excluding hydrogens is 484 g/mol. The molecule has 1 aliphatic carbocycles. The van der Waals surface area contributed by atoms with Gasteiger partial charge in [0.1, 0.15) is 5.69 Å². The van der Waals surface area contributed by atoms with E-state index in [0.29, 0.717) is 11.9 Å². The molecule has 4 aromatic rings. The zero-order valence-electron chi connectivity index (χ0n) is 22.8. The van der Waals surface area contributed by atoms with E-state index in [0.717, 1.165) is 87.0 Å². The van der Waals surface area contributed by atoms with E-state index in [1.54, 1.807) is 0 Å². The average Bonchev–Trinajstić information content (AvgIpc) is 3.35. The van der Waals surface area contributed by atoms with Crippen LogP contribution < -0.4 is 10.2 Å². The fourth-order valence-electron chi connectivity index (χ4n) is 6.08. The molecule has 1 saturated carbocycles. The van der Waals surface area contributed by atoms with Crippen molar-refractivity contribution in [3.8, 4) is 11.3 Å². The number of hydrogen-bond donors (Lipinski definition) is 2. The molecule has 7 heteroatoms. The number of piperidine rings is 1. The number of aromatic nitrogens is 4. The minimum absolute atomic E-state index is 0.154. The van der Waals surface area contributed by atoms with Crippen LogP contribution in [0.2, 0.25) is 0 Å². The Morgan fingerprint density at radius 3 is 2.44 bits per heavy atom. The molecule has 0 bridgehead atoms. The molecule has 1 aliphatic heterocycles. The number of aliphatic hydroxyl groups is 1. The van der Waals surface area contributed by atoms with Crippen molar-refractivity contribution in [2.75, 3.05) is 29.9 Å². The summed E-state index contributed by atoms with van der Waals surface area (Å²) in [6.45, 7) is 3.92. The molecule has 0 unspecified atom stereocenters. The van der Waals surface area contributed by atoms with E-state index in [9.17, 15) is 5.11 Å². The highest BCUT2D eigenvalue weighted by Gasteiger charge is 2.23. The third-order valence-corrected chi connectivity index (χ3v) is 8.37. The van der Waals surface area contributed by atoms with Crippen LogP contribution in [0.15, 0.2) is 60.8 Å². The average molecular weight is 525 g/mol. The molecule has 2 aromatic heterocycles. The maximum absolute atomic E-state index is 9.99. The third kappa shape index (κ3) is 6.25. The lowest BCUT2D eigenvalue weighted by atomic mass is 9.87.